The van der Waals surface area contributed by atoms with Gasteiger partial charge in [-0.25, -0.2) is 19.6 Å². The van der Waals surface area contributed by atoms with Crippen molar-refractivity contribution in [1.82, 2.24) is 40.4 Å². The molecule has 76 heavy (non-hydrogen) atoms. The van der Waals surface area contributed by atoms with Gasteiger partial charge in [0, 0.05) is 32.2 Å². The van der Waals surface area contributed by atoms with Crippen LogP contribution in [0.25, 0.3) is 50.0 Å². The number of alkyl carbamates (subject to hydrolysis) is 2. The van der Waals surface area contributed by atoms with Crippen molar-refractivity contribution in [2.75, 3.05) is 28.4 Å². The summed E-state index contributed by atoms with van der Waals surface area (Å²) >= 11 is 0. The van der Waals surface area contributed by atoms with Gasteiger partial charge >= 0.3 is 12.2 Å². The molecule has 2 aromatic heterocycles. The van der Waals surface area contributed by atoms with Crippen LogP contribution in [0.3, 0.4) is 0 Å². The normalized spacial score (nSPS) is 22.7. The van der Waals surface area contributed by atoms with Crippen molar-refractivity contribution in [2.24, 2.45) is 11.8 Å². The lowest BCUT2D eigenvalue weighted by atomic mass is 9.84. The van der Waals surface area contributed by atoms with Crippen LogP contribution in [-0.4, -0.2) is 119 Å². The summed E-state index contributed by atoms with van der Waals surface area (Å²) in [7, 11) is 5.67. The minimum Gasteiger partial charge on any atom is -0.453 e. The Labute approximate surface area is 443 Å². The molecule has 4 amide bonds. The number of hydrogen-bond donors (Lipinski definition) is 4. The molecule has 0 unspecified atom stereocenters. The van der Waals surface area contributed by atoms with Gasteiger partial charge in [0.2, 0.25) is 5.91 Å². The number of aromatic nitrogens is 4. The molecule has 2 saturated carbocycles. The predicted octanol–water partition coefficient (Wildman–Crippen LogP) is 9.75. The number of ether oxygens (including phenoxy) is 4. The molecular weight excluding hydrogens is 961 g/mol. The molecular formula is C60H70N8O8. The highest BCUT2D eigenvalue weighted by Crippen LogP contribution is 2.47. The van der Waals surface area contributed by atoms with Crippen LogP contribution in [0.1, 0.15) is 112 Å². The number of likely N-dealkylation sites (tertiary alicyclic amines) is 1. The number of aromatic amines is 2. The molecule has 1 saturated heterocycles. The third-order valence-electron chi connectivity index (χ3n) is 17.3. The maximum Gasteiger partial charge on any atom is 0.407 e. The number of nitrogens with one attached hydrogen (secondary N) is 4. The summed E-state index contributed by atoms with van der Waals surface area (Å²) in [6.07, 6.45) is 12.0. The van der Waals surface area contributed by atoms with Gasteiger partial charge in [-0.2, -0.15) is 0 Å². The Morgan fingerprint density at radius 3 is 1.78 bits per heavy atom. The van der Waals surface area contributed by atoms with Gasteiger partial charge in [-0.1, -0.05) is 80.3 Å². The number of nitrogens with zero attached hydrogens (tertiary/aromatic N) is 4. The number of rotatable bonds is 12. The van der Waals surface area contributed by atoms with E-state index in [1.807, 2.05) is 9.80 Å². The highest BCUT2D eigenvalue weighted by molar-refractivity contribution is 5.95. The van der Waals surface area contributed by atoms with E-state index in [1.54, 1.807) is 21.0 Å². The SMILES string of the molecule is COC(=O)N[C@H](C(=O)N1C(c2nc3ccc(-c4cc5ccc4CCc4ccc(c(-c6ccc7nc([C@@H]8C[C@@H]9CCCC[C@@H]9N8C(=O)[C@@H](NC(=O)OC)[C@@H](C)OC)[nH]c7c6)c4)CC5)cc3[nH]2)=C[C@@H]2CCCC[C@@H]21)[C@@H](C)OC. The molecule has 4 heterocycles. The second-order valence-electron chi connectivity index (χ2n) is 21.6. The quantitative estimate of drug-likeness (QED) is 0.0917. The lowest BCUT2D eigenvalue weighted by Gasteiger charge is -2.37. The first-order chi connectivity index (χ1) is 36.9. The largest absolute Gasteiger partial charge is 0.453 e. The molecule has 398 valence electrons. The lowest BCUT2D eigenvalue weighted by Crippen LogP contribution is -2.56. The Morgan fingerprint density at radius 1 is 0.618 bits per heavy atom. The van der Waals surface area contributed by atoms with Gasteiger partial charge in [-0.05, 0) is 146 Å². The average molecular weight is 1030 g/mol. The molecule has 4 aromatic carbocycles. The third kappa shape index (κ3) is 9.74. The number of imidazole rings is 2. The van der Waals surface area contributed by atoms with E-state index in [0.29, 0.717) is 11.7 Å². The summed E-state index contributed by atoms with van der Waals surface area (Å²) in [5, 5.41) is 5.50. The molecule has 0 spiro atoms. The number of methoxy groups -OCH3 is 4. The summed E-state index contributed by atoms with van der Waals surface area (Å²) < 4.78 is 21.0. The molecule has 0 radical (unpaired) electrons. The van der Waals surface area contributed by atoms with Gasteiger partial charge < -0.3 is 49.3 Å². The standard InChI is InChI=1S/C60H70N8O8/c1-33(73-3)53(65-59(71)75-5)57(69)67-49-13-9-7-11-41(49)31-51(67)55-61-45-25-23-39(29-47(45)63-55)43-27-35-15-19-37(43)21-17-36-16-20-38(22-18-35)44(28-36)40-24-26-46-48(30-40)64-56(62-46)52-32-42-12-8-10-14-50(42)68(52)58(70)54(34(2)74-4)66-60(72)76-6/h15-16,19-20,23-31,33-34,41-42,49-50,52-54H,7-14,17-18,21-22,32H2,1-6H3,(H,61,63)(H,62,64)(H,65,71)(H,66,72)/t33-,34-,41+,42+,49+,50+,52+,53+,54+/m1/s1. The first-order valence-electron chi connectivity index (χ1n) is 27.3. The van der Waals surface area contributed by atoms with Crippen molar-refractivity contribution in [3.05, 3.63) is 113 Å². The van der Waals surface area contributed by atoms with Crippen LogP contribution in [0, 0.1) is 11.8 Å². The second kappa shape index (κ2) is 21.5. The van der Waals surface area contributed by atoms with Gasteiger partial charge in [0.15, 0.2) is 5.82 Å². The summed E-state index contributed by atoms with van der Waals surface area (Å²) in [5.74, 6) is 1.50. The van der Waals surface area contributed by atoms with E-state index in [-0.39, 0.29) is 35.9 Å². The monoisotopic (exact) mass is 1030 g/mol. The highest BCUT2D eigenvalue weighted by Gasteiger charge is 2.49. The van der Waals surface area contributed by atoms with Crippen molar-refractivity contribution in [3.8, 4) is 22.3 Å². The number of amides is 4. The van der Waals surface area contributed by atoms with Gasteiger partial charge in [0.05, 0.1) is 60.2 Å². The number of hydrogen-bond acceptors (Lipinski definition) is 10. The molecule has 9 atom stereocenters. The van der Waals surface area contributed by atoms with Crippen molar-refractivity contribution in [1.29, 1.82) is 0 Å². The Hall–Kier alpha value is -7.04. The molecule has 8 aliphatic rings. The minimum atomic E-state index is -0.947. The molecule has 16 nitrogen and oxygen atoms in total. The fourth-order valence-corrected chi connectivity index (χ4v) is 13.1. The molecule has 4 bridgehead atoms. The van der Waals surface area contributed by atoms with E-state index in [4.69, 9.17) is 28.9 Å². The number of benzene rings is 4. The zero-order valence-electron chi connectivity index (χ0n) is 44.4. The summed E-state index contributed by atoms with van der Waals surface area (Å²) in [6.45, 7) is 3.57. The van der Waals surface area contributed by atoms with E-state index < -0.39 is 36.5 Å². The van der Waals surface area contributed by atoms with Crippen LogP contribution in [0.4, 0.5) is 9.59 Å². The Morgan fingerprint density at radius 2 is 1.17 bits per heavy atom. The van der Waals surface area contributed by atoms with E-state index in [9.17, 15) is 19.2 Å². The smallest absolute Gasteiger partial charge is 0.407 e. The maximum absolute atomic E-state index is 14.6. The minimum absolute atomic E-state index is 0.0359. The first kappa shape index (κ1) is 51.1. The van der Waals surface area contributed by atoms with Crippen LogP contribution in [0.15, 0.2) is 78.9 Å². The molecule has 6 aromatic rings. The van der Waals surface area contributed by atoms with Gasteiger partial charge in [-0.3, -0.25) is 9.59 Å². The topological polar surface area (TPSA) is 193 Å². The number of aryl methyl sites for hydroxylation is 4. The Balaban J connectivity index is 0.852. The zero-order chi connectivity index (χ0) is 52.8. The number of carbonyl (C=O) groups excluding carboxylic acids is 4. The van der Waals surface area contributed by atoms with E-state index >= 15 is 0 Å². The van der Waals surface area contributed by atoms with Crippen molar-refractivity contribution in [3.63, 3.8) is 0 Å². The van der Waals surface area contributed by atoms with Crippen LogP contribution in [-0.2, 0) is 54.2 Å². The van der Waals surface area contributed by atoms with E-state index in [1.165, 1.54) is 54.7 Å². The molecule has 14 rings (SSSR count). The van der Waals surface area contributed by atoms with E-state index in [0.717, 1.165) is 128 Å². The lowest BCUT2D eigenvalue weighted by molar-refractivity contribution is -0.140. The highest BCUT2D eigenvalue weighted by atomic mass is 16.5. The maximum atomic E-state index is 14.6. The van der Waals surface area contributed by atoms with Crippen LogP contribution >= 0.6 is 0 Å². The predicted molar refractivity (Wildman–Crippen MR) is 290 cm³/mol. The zero-order valence-corrected chi connectivity index (χ0v) is 44.4. The summed E-state index contributed by atoms with van der Waals surface area (Å²) in [5.41, 5.74) is 13.9. The molecule has 6 aliphatic carbocycles. The van der Waals surface area contributed by atoms with Gasteiger partial charge in [0.25, 0.3) is 5.91 Å². The first-order valence-corrected chi connectivity index (χ1v) is 27.3. The number of H-pyrrole nitrogens is 2. The molecule has 16 heteroatoms. The molecule has 4 N–H and O–H groups in total. The number of fused-ring (bicyclic) bond motifs is 4. The summed E-state index contributed by atoms with van der Waals surface area (Å²) in [4.78, 5) is 75.4. The van der Waals surface area contributed by atoms with Crippen LogP contribution < -0.4 is 10.6 Å². The van der Waals surface area contributed by atoms with Crippen molar-refractivity contribution >= 4 is 51.8 Å². The third-order valence-corrected chi connectivity index (χ3v) is 17.3. The number of carbonyl (C=O) groups is 4. The van der Waals surface area contributed by atoms with Gasteiger partial charge in [0.1, 0.15) is 17.9 Å². The fraction of sp³-hybridized carbons (Fsp3) is 0.467. The fourth-order valence-electron chi connectivity index (χ4n) is 13.1. The van der Waals surface area contributed by atoms with Crippen molar-refractivity contribution in [2.45, 2.75) is 140 Å². The Bertz CT molecular complexity index is 3220. The second-order valence-corrected chi connectivity index (χ2v) is 21.6. The molecule has 3 fully saturated rings. The van der Waals surface area contributed by atoms with Crippen molar-refractivity contribution < 1.29 is 38.1 Å². The van der Waals surface area contributed by atoms with E-state index in [2.05, 4.69) is 99.5 Å². The molecule has 2 aliphatic heterocycles. The van der Waals surface area contributed by atoms with Crippen LogP contribution in [0.5, 0.6) is 0 Å². The average Bonchev–Trinajstić information content (AvgIpc) is 4.30. The van der Waals surface area contributed by atoms with Gasteiger partial charge in [-0.15, -0.1) is 0 Å². The Kier molecular flexibility index (Phi) is 14.5. The van der Waals surface area contributed by atoms with Crippen LogP contribution in [0.2, 0.25) is 0 Å². The summed E-state index contributed by atoms with van der Waals surface area (Å²) in [6, 6.07) is 24.6.